The molecule has 0 saturated heterocycles. The number of esters is 2. The zero-order valence-corrected chi connectivity index (χ0v) is 17.7. The van der Waals surface area contributed by atoms with Gasteiger partial charge in [0, 0.05) is 0 Å². The maximum absolute atomic E-state index is 12.3. The van der Waals surface area contributed by atoms with Gasteiger partial charge in [0.05, 0.1) is 23.8 Å². The minimum atomic E-state index is -0.479. The molecule has 5 nitrogen and oxygen atoms in total. The molecule has 3 aromatic rings. The van der Waals surface area contributed by atoms with Gasteiger partial charge in [0.2, 0.25) is 0 Å². The number of hydrogen-bond donors (Lipinski definition) is 0. The van der Waals surface area contributed by atoms with Crippen LogP contribution in [-0.4, -0.2) is 24.6 Å². The van der Waals surface area contributed by atoms with E-state index in [-0.39, 0.29) is 6.10 Å². The molecule has 3 aromatic carbocycles. The third-order valence-electron chi connectivity index (χ3n) is 4.45. The Morgan fingerprint density at radius 2 is 1.32 bits per heavy atom. The number of benzene rings is 3. The van der Waals surface area contributed by atoms with Gasteiger partial charge in [-0.1, -0.05) is 30.3 Å². The number of carbonyl (C=O) groups excluding carboxylic acids is 2. The zero-order valence-electron chi connectivity index (χ0n) is 17.7. The molecule has 5 heteroatoms. The van der Waals surface area contributed by atoms with Crippen molar-refractivity contribution in [2.24, 2.45) is 0 Å². The van der Waals surface area contributed by atoms with Crippen LogP contribution in [0.25, 0.3) is 0 Å². The molecule has 0 atom stereocenters. The third kappa shape index (κ3) is 7.00. The van der Waals surface area contributed by atoms with E-state index in [1.807, 2.05) is 32.0 Å². The molecule has 0 heterocycles. The first-order valence-electron chi connectivity index (χ1n) is 10.3. The fourth-order valence-electron chi connectivity index (χ4n) is 2.94. The summed E-state index contributed by atoms with van der Waals surface area (Å²) in [5.41, 5.74) is 2.04. The summed E-state index contributed by atoms with van der Waals surface area (Å²) in [5, 5.41) is 0. The van der Waals surface area contributed by atoms with Crippen LogP contribution in [0.2, 0.25) is 0 Å². The first-order valence-corrected chi connectivity index (χ1v) is 10.3. The van der Waals surface area contributed by atoms with Gasteiger partial charge in [0.25, 0.3) is 0 Å². The predicted molar refractivity (Wildman–Crippen MR) is 119 cm³/mol. The normalized spacial score (nSPS) is 10.5. The minimum absolute atomic E-state index is 0.0619. The van der Waals surface area contributed by atoms with Gasteiger partial charge in [-0.25, -0.2) is 9.59 Å². The number of rotatable bonds is 9. The van der Waals surface area contributed by atoms with Crippen molar-refractivity contribution < 1.29 is 23.8 Å². The Labute approximate surface area is 182 Å². The lowest BCUT2D eigenvalue weighted by Gasteiger charge is -2.10. The molecule has 160 valence electrons. The van der Waals surface area contributed by atoms with Crippen molar-refractivity contribution in [3.05, 3.63) is 95.6 Å². The summed E-state index contributed by atoms with van der Waals surface area (Å²) in [4.78, 5) is 24.5. The van der Waals surface area contributed by atoms with E-state index in [1.54, 1.807) is 48.5 Å². The molecule has 0 fully saturated rings. The van der Waals surface area contributed by atoms with Crippen LogP contribution in [0, 0.1) is 0 Å². The van der Waals surface area contributed by atoms with Gasteiger partial charge in [-0.15, -0.1) is 0 Å². The molecule has 0 aliphatic rings. The maximum atomic E-state index is 12.3. The highest BCUT2D eigenvalue weighted by Crippen LogP contribution is 2.18. The summed E-state index contributed by atoms with van der Waals surface area (Å²) in [6.07, 6.45) is 1.67. The smallest absolute Gasteiger partial charge is 0.343 e. The first-order chi connectivity index (χ1) is 15.0. The second-order valence-corrected chi connectivity index (χ2v) is 7.33. The van der Waals surface area contributed by atoms with Gasteiger partial charge in [0.15, 0.2) is 0 Å². The molecule has 0 aliphatic heterocycles. The van der Waals surface area contributed by atoms with Gasteiger partial charge in [-0.3, -0.25) is 0 Å². The van der Waals surface area contributed by atoms with E-state index in [1.165, 1.54) is 5.56 Å². The van der Waals surface area contributed by atoms with Crippen LogP contribution >= 0.6 is 0 Å². The van der Waals surface area contributed by atoms with Crippen molar-refractivity contribution in [3.8, 4) is 11.5 Å². The van der Waals surface area contributed by atoms with Crippen LogP contribution in [0.15, 0.2) is 78.9 Å². The molecular formula is C26H26O5. The molecule has 0 bridgehead atoms. The van der Waals surface area contributed by atoms with Gasteiger partial charge >= 0.3 is 11.9 Å². The van der Waals surface area contributed by atoms with Crippen molar-refractivity contribution in [1.82, 2.24) is 0 Å². The molecule has 0 spiro atoms. The molecule has 3 rings (SSSR count). The standard InChI is InChI=1S/C26H26O5/c1-19(2)30-23-14-12-22(13-15-23)26(28)31-24-16-10-21(11-17-24)25(27)29-18-6-9-20-7-4-3-5-8-20/h3-5,7-8,10-17,19H,6,9,18H2,1-2H3. The maximum Gasteiger partial charge on any atom is 0.343 e. The molecule has 0 N–H and O–H groups in total. The van der Waals surface area contributed by atoms with Gasteiger partial charge in [-0.2, -0.15) is 0 Å². The van der Waals surface area contributed by atoms with Crippen molar-refractivity contribution in [3.63, 3.8) is 0 Å². The minimum Gasteiger partial charge on any atom is -0.491 e. The van der Waals surface area contributed by atoms with Crippen LogP contribution in [0.3, 0.4) is 0 Å². The van der Waals surface area contributed by atoms with Gasteiger partial charge in [0.1, 0.15) is 11.5 Å². The fraction of sp³-hybridized carbons (Fsp3) is 0.231. The lowest BCUT2D eigenvalue weighted by atomic mass is 10.1. The third-order valence-corrected chi connectivity index (χ3v) is 4.45. The van der Waals surface area contributed by atoms with Crippen molar-refractivity contribution in [1.29, 1.82) is 0 Å². The van der Waals surface area contributed by atoms with Crippen molar-refractivity contribution in [2.45, 2.75) is 32.8 Å². The summed E-state index contributed by atoms with van der Waals surface area (Å²) in [6, 6.07) is 23.2. The molecule has 0 aromatic heterocycles. The Morgan fingerprint density at radius 3 is 1.94 bits per heavy atom. The number of ether oxygens (including phenoxy) is 3. The van der Waals surface area contributed by atoms with Crippen LogP contribution in [0.1, 0.15) is 46.5 Å². The lowest BCUT2D eigenvalue weighted by Crippen LogP contribution is -2.10. The van der Waals surface area contributed by atoms with E-state index in [2.05, 4.69) is 12.1 Å². The van der Waals surface area contributed by atoms with Crippen molar-refractivity contribution in [2.75, 3.05) is 6.61 Å². The molecule has 0 saturated carbocycles. The summed E-state index contributed by atoms with van der Waals surface area (Å²) in [5.74, 6) is 0.172. The SMILES string of the molecule is CC(C)Oc1ccc(C(=O)Oc2ccc(C(=O)OCCCc3ccccc3)cc2)cc1. The van der Waals surface area contributed by atoms with E-state index in [0.717, 1.165) is 12.8 Å². The quantitative estimate of drug-likeness (QED) is 0.261. The molecule has 0 amide bonds. The van der Waals surface area contributed by atoms with Crippen molar-refractivity contribution >= 4 is 11.9 Å². The Morgan fingerprint density at radius 1 is 0.742 bits per heavy atom. The number of hydrogen-bond acceptors (Lipinski definition) is 5. The average molecular weight is 418 g/mol. The van der Waals surface area contributed by atoms with E-state index in [0.29, 0.717) is 29.2 Å². The van der Waals surface area contributed by atoms with Gasteiger partial charge < -0.3 is 14.2 Å². The van der Waals surface area contributed by atoms with Crippen LogP contribution in [0.5, 0.6) is 11.5 Å². The molecule has 0 aliphatic carbocycles. The molecular weight excluding hydrogens is 392 g/mol. The van der Waals surface area contributed by atoms with E-state index in [4.69, 9.17) is 14.2 Å². The Kier molecular flexibility index (Phi) is 7.82. The molecule has 0 radical (unpaired) electrons. The van der Waals surface area contributed by atoms with Crippen LogP contribution in [-0.2, 0) is 11.2 Å². The lowest BCUT2D eigenvalue weighted by molar-refractivity contribution is 0.0500. The van der Waals surface area contributed by atoms with Crippen LogP contribution < -0.4 is 9.47 Å². The Bertz CT molecular complexity index is 977. The average Bonchev–Trinajstić information content (AvgIpc) is 2.78. The topological polar surface area (TPSA) is 61.8 Å². The van der Waals surface area contributed by atoms with Crippen LogP contribution in [0.4, 0.5) is 0 Å². The second kappa shape index (κ2) is 11.0. The summed E-state index contributed by atoms with van der Waals surface area (Å²) in [7, 11) is 0. The number of carbonyl (C=O) groups is 2. The van der Waals surface area contributed by atoms with E-state index in [9.17, 15) is 9.59 Å². The largest absolute Gasteiger partial charge is 0.491 e. The van der Waals surface area contributed by atoms with E-state index >= 15 is 0 Å². The Balaban J connectivity index is 1.46. The number of aryl methyl sites for hydroxylation is 1. The fourth-order valence-corrected chi connectivity index (χ4v) is 2.94. The van der Waals surface area contributed by atoms with Gasteiger partial charge in [-0.05, 0) is 80.8 Å². The molecule has 31 heavy (non-hydrogen) atoms. The highest BCUT2D eigenvalue weighted by molar-refractivity contribution is 5.92. The molecule has 0 unspecified atom stereocenters. The Hall–Kier alpha value is -3.60. The highest BCUT2D eigenvalue weighted by Gasteiger charge is 2.11. The predicted octanol–water partition coefficient (Wildman–Crippen LogP) is 5.48. The summed E-state index contributed by atoms with van der Waals surface area (Å²) in [6.45, 7) is 4.22. The summed E-state index contributed by atoms with van der Waals surface area (Å²) >= 11 is 0. The first kappa shape index (κ1) is 22.1. The zero-order chi connectivity index (χ0) is 22.1. The monoisotopic (exact) mass is 418 g/mol. The summed E-state index contributed by atoms with van der Waals surface area (Å²) < 4.78 is 16.3. The van der Waals surface area contributed by atoms with E-state index < -0.39 is 11.9 Å². The highest BCUT2D eigenvalue weighted by atomic mass is 16.5. The second-order valence-electron chi connectivity index (χ2n) is 7.33.